The Kier molecular flexibility index (Phi) is 5.45. The third kappa shape index (κ3) is 3.28. The number of amides is 2. The van der Waals surface area contributed by atoms with E-state index in [1.165, 1.54) is 12.0 Å². The highest BCUT2D eigenvalue weighted by molar-refractivity contribution is 6.47. The largest absolute Gasteiger partial charge is 0.497 e. The minimum Gasteiger partial charge on any atom is -0.497 e. The first-order valence-corrected chi connectivity index (χ1v) is 10.9. The van der Waals surface area contributed by atoms with Crippen LogP contribution in [0.25, 0.3) is 5.57 Å². The number of anilines is 2. The molecule has 3 aromatic rings. The first-order valence-electron chi connectivity index (χ1n) is 10.9. The quantitative estimate of drug-likeness (QED) is 0.521. The number of ether oxygens (including phenoxy) is 3. The average Bonchev–Trinajstić information content (AvgIpc) is 3.41. The molecule has 0 unspecified atom stereocenters. The van der Waals surface area contributed by atoms with Crippen LogP contribution in [0.15, 0.2) is 72.4 Å². The number of methoxy groups -OCH3 is 3. The molecule has 0 saturated heterocycles. The molecule has 0 radical (unpaired) electrons. The highest BCUT2D eigenvalue weighted by Gasteiger charge is 2.45. The van der Waals surface area contributed by atoms with Gasteiger partial charge in [-0.1, -0.05) is 36.4 Å². The number of rotatable bonds is 6. The molecular weight excluding hydrogens is 432 g/mol. The smallest absolute Gasteiger partial charge is 0.282 e. The molecule has 0 aliphatic carbocycles. The Morgan fingerprint density at radius 1 is 0.735 bits per heavy atom. The fourth-order valence-corrected chi connectivity index (χ4v) is 4.62. The van der Waals surface area contributed by atoms with Gasteiger partial charge in [-0.15, -0.1) is 0 Å². The molecule has 0 aromatic heterocycles. The van der Waals surface area contributed by atoms with Gasteiger partial charge < -0.3 is 19.1 Å². The molecule has 0 saturated carbocycles. The molecule has 7 heteroatoms. The van der Waals surface area contributed by atoms with Gasteiger partial charge in [0.1, 0.15) is 22.9 Å². The van der Waals surface area contributed by atoms with Crippen LogP contribution in [-0.2, 0) is 16.0 Å². The summed E-state index contributed by atoms with van der Waals surface area (Å²) in [5, 5.41) is 0. The second-order valence-corrected chi connectivity index (χ2v) is 7.94. The first-order chi connectivity index (χ1) is 16.6. The van der Waals surface area contributed by atoms with Gasteiger partial charge in [0.05, 0.1) is 32.6 Å². The Balaban J connectivity index is 1.71. The summed E-state index contributed by atoms with van der Waals surface area (Å²) in [4.78, 5) is 31.1. The van der Waals surface area contributed by atoms with Gasteiger partial charge in [-0.05, 0) is 36.2 Å². The number of benzene rings is 3. The normalized spacial score (nSPS) is 15.1. The van der Waals surface area contributed by atoms with E-state index in [0.717, 1.165) is 17.7 Å². The molecule has 34 heavy (non-hydrogen) atoms. The van der Waals surface area contributed by atoms with Crippen molar-refractivity contribution < 1.29 is 23.8 Å². The van der Waals surface area contributed by atoms with Gasteiger partial charge >= 0.3 is 0 Å². The monoisotopic (exact) mass is 456 g/mol. The van der Waals surface area contributed by atoms with Gasteiger partial charge in [0, 0.05) is 23.9 Å². The Bertz CT molecular complexity index is 1330. The third-order valence-corrected chi connectivity index (χ3v) is 6.22. The number of fused-ring (bicyclic) bond motifs is 1. The van der Waals surface area contributed by atoms with E-state index in [-0.39, 0.29) is 0 Å². The Morgan fingerprint density at radius 3 is 2.24 bits per heavy atom. The lowest BCUT2D eigenvalue weighted by Crippen LogP contribution is -2.35. The lowest BCUT2D eigenvalue weighted by molar-refractivity contribution is -0.120. The van der Waals surface area contributed by atoms with Crippen molar-refractivity contribution in [3.63, 3.8) is 0 Å². The van der Waals surface area contributed by atoms with Crippen molar-refractivity contribution >= 4 is 28.8 Å². The van der Waals surface area contributed by atoms with Crippen LogP contribution in [0.2, 0.25) is 0 Å². The van der Waals surface area contributed by atoms with Crippen LogP contribution >= 0.6 is 0 Å². The molecule has 0 spiro atoms. The van der Waals surface area contributed by atoms with E-state index < -0.39 is 11.8 Å². The third-order valence-electron chi connectivity index (χ3n) is 6.22. The predicted octanol–water partition coefficient (Wildman–Crippen LogP) is 4.06. The molecule has 0 fully saturated rings. The number of imide groups is 1. The second-order valence-electron chi connectivity index (χ2n) is 7.94. The van der Waals surface area contributed by atoms with E-state index in [9.17, 15) is 9.59 Å². The molecule has 172 valence electrons. The van der Waals surface area contributed by atoms with Crippen molar-refractivity contribution in [2.24, 2.45) is 0 Å². The summed E-state index contributed by atoms with van der Waals surface area (Å²) in [5.74, 6) is 0.602. The van der Waals surface area contributed by atoms with Crippen molar-refractivity contribution in [2.75, 3.05) is 37.7 Å². The van der Waals surface area contributed by atoms with Crippen LogP contribution < -0.4 is 24.0 Å². The standard InChI is InChI=1S/C27H24N2O5/c1-32-18-12-13-21(23(16-18)34-3)29-26(30)24(19-9-5-7-11-22(19)33-2)25(27(29)31)28-15-14-17-8-4-6-10-20(17)28/h4-13,16H,14-15H2,1-3H3. The summed E-state index contributed by atoms with van der Waals surface area (Å²) in [7, 11) is 4.59. The van der Waals surface area contributed by atoms with Crippen molar-refractivity contribution in [2.45, 2.75) is 6.42 Å². The van der Waals surface area contributed by atoms with Crippen LogP contribution in [0.1, 0.15) is 11.1 Å². The Hall–Kier alpha value is -4.26. The molecule has 2 aliphatic heterocycles. The number of hydrogen-bond acceptors (Lipinski definition) is 6. The van der Waals surface area contributed by atoms with Gasteiger partial charge in [-0.3, -0.25) is 9.59 Å². The maximum Gasteiger partial charge on any atom is 0.282 e. The SMILES string of the molecule is COc1ccc(N2C(=O)C(c3ccccc3OC)=C(N3CCc4ccccc43)C2=O)c(OC)c1. The van der Waals surface area contributed by atoms with Gasteiger partial charge in [-0.2, -0.15) is 0 Å². The highest BCUT2D eigenvalue weighted by atomic mass is 16.5. The maximum atomic E-state index is 14.0. The van der Waals surface area contributed by atoms with Gasteiger partial charge in [0.2, 0.25) is 0 Å². The number of nitrogens with zero attached hydrogens (tertiary/aromatic N) is 2. The lowest BCUT2D eigenvalue weighted by Gasteiger charge is -2.22. The summed E-state index contributed by atoms with van der Waals surface area (Å²) >= 11 is 0. The Morgan fingerprint density at radius 2 is 1.47 bits per heavy atom. The predicted molar refractivity (Wildman–Crippen MR) is 129 cm³/mol. The Labute approximate surface area is 197 Å². The average molecular weight is 456 g/mol. The van der Waals surface area contributed by atoms with E-state index >= 15 is 0 Å². The zero-order chi connectivity index (χ0) is 23.8. The summed E-state index contributed by atoms with van der Waals surface area (Å²) < 4.78 is 16.4. The van der Waals surface area contributed by atoms with Crippen molar-refractivity contribution in [1.82, 2.24) is 0 Å². The van der Waals surface area contributed by atoms with Crippen LogP contribution in [-0.4, -0.2) is 39.7 Å². The minimum atomic E-state index is -0.433. The van der Waals surface area contributed by atoms with Crippen molar-refractivity contribution in [3.05, 3.63) is 83.6 Å². The van der Waals surface area contributed by atoms with E-state index in [1.807, 2.05) is 41.3 Å². The summed E-state index contributed by atoms with van der Waals surface area (Å²) in [5.41, 5.74) is 3.62. The van der Waals surface area contributed by atoms with E-state index in [4.69, 9.17) is 14.2 Å². The van der Waals surface area contributed by atoms with E-state index in [1.54, 1.807) is 44.6 Å². The zero-order valence-electron chi connectivity index (χ0n) is 19.2. The fourth-order valence-electron chi connectivity index (χ4n) is 4.62. The van der Waals surface area contributed by atoms with E-state index in [0.29, 0.717) is 46.3 Å². The van der Waals surface area contributed by atoms with Crippen LogP contribution in [0.4, 0.5) is 11.4 Å². The molecule has 5 rings (SSSR count). The molecule has 3 aromatic carbocycles. The molecule has 0 N–H and O–H groups in total. The fraction of sp³-hybridized carbons (Fsp3) is 0.185. The van der Waals surface area contributed by atoms with Crippen LogP contribution in [0.3, 0.4) is 0 Å². The zero-order valence-corrected chi connectivity index (χ0v) is 19.2. The van der Waals surface area contributed by atoms with Crippen molar-refractivity contribution in [1.29, 1.82) is 0 Å². The molecule has 2 aliphatic rings. The number of carbonyl (C=O) groups is 2. The molecule has 7 nitrogen and oxygen atoms in total. The van der Waals surface area contributed by atoms with Crippen LogP contribution in [0, 0.1) is 0 Å². The molecule has 0 atom stereocenters. The second kappa shape index (κ2) is 8.59. The first kappa shape index (κ1) is 21.6. The summed E-state index contributed by atoms with van der Waals surface area (Å²) in [6, 6.07) is 20.2. The van der Waals surface area contributed by atoms with Gasteiger partial charge in [0.25, 0.3) is 11.8 Å². The number of hydrogen-bond donors (Lipinski definition) is 0. The van der Waals surface area contributed by atoms with Crippen LogP contribution in [0.5, 0.6) is 17.2 Å². The molecule has 0 bridgehead atoms. The highest BCUT2D eigenvalue weighted by Crippen LogP contribution is 2.44. The summed E-state index contributed by atoms with van der Waals surface area (Å²) in [6.45, 7) is 0.597. The summed E-state index contributed by atoms with van der Waals surface area (Å²) in [6.07, 6.45) is 0.784. The topological polar surface area (TPSA) is 68.3 Å². The van der Waals surface area contributed by atoms with Crippen molar-refractivity contribution in [3.8, 4) is 17.2 Å². The maximum absolute atomic E-state index is 14.0. The minimum absolute atomic E-state index is 0.303. The molecule has 2 heterocycles. The number of carbonyl (C=O) groups excluding carboxylic acids is 2. The number of para-hydroxylation sites is 2. The lowest BCUT2D eigenvalue weighted by atomic mass is 10.0. The molecule has 2 amide bonds. The molecular formula is C27H24N2O5. The van der Waals surface area contributed by atoms with Gasteiger partial charge in [-0.25, -0.2) is 4.90 Å². The van der Waals surface area contributed by atoms with E-state index in [2.05, 4.69) is 0 Å². The van der Waals surface area contributed by atoms with Gasteiger partial charge in [0.15, 0.2) is 0 Å².